The third kappa shape index (κ3) is 2.27. The van der Waals surface area contributed by atoms with Crippen molar-refractivity contribution in [3.05, 3.63) is 29.2 Å². The van der Waals surface area contributed by atoms with E-state index in [1.807, 2.05) is 0 Å². The van der Waals surface area contributed by atoms with Crippen molar-refractivity contribution in [3.63, 3.8) is 0 Å². The molecule has 2 aromatic rings. The van der Waals surface area contributed by atoms with E-state index in [1.165, 1.54) is 6.20 Å². The van der Waals surface area contributed by atoms with Gasteiger partial charge in [0.25, 0.3) is 0 Å². The van der Waals surface area contributed by atoms with Crippen LogP contribution in [0.2, 0.25) is 5.02 Å². The molecule has 0 aliphatic rings. The molecular formula is C9H7Cl2N3O. The number of nitrogens with zero attached hydrogens (tertiary/aromatic N) is 3. The molecule has 1 atom stereocenters. The number of pyridine rings is 1. The highest BCUT2D eigenvalue weighted by Gasteiger charge is 2.13. The van der Waals surface area contributed by atoms with Gasteiger partial charge in [-0.05, 0) is 19.1 Å². The second-order valence-electron chi connectivity index (χ2n) is 2.93. The van der Waals surface area contributed by atoms with E-state index >= 15 is 0 Å². The first kappa shape index (κ1) is 10.4. The van der Waals surface area contributed by atoms with Gasteiger partial charge >= 0.3 is 0 Å². The molecule has 0 saturated carbocycles. The summed E-state index contributed by atoms with van der Waals surface area (Å²) in [4.78, 5) is 8.16. The zero-order valence-electron chi connectivity index (χ0n) is 7.82. The van der Waals surface area contributed by atoms with Crippen molar-refractivity contribution in [2.24, 2.45) is 0 Å². The minimum Gasteiger partial charge on any atom is -0.337 e. The summed E-state index contributed by atoms with van der Waals surface area (Å²) in [5, 5.41) is 4.02. The second kappa shape index (κ2) is 4.16. The lowest BCUT2D eigenvalue weighted by Gasteiger charge is -1.92. The molecule has 0 fully saturated rings. The first-order valence-corrected chi connectivity index (χ1v) is 5.08. The molecule has 0 spiro atoms. The molecule has 0 N–H and O–H groups in total. The first-order valence-electron chi connectivity index (χ1n) is 4.26. The molecule has 6 heteroatoms. The van der Waals surface area contributed by atoms with Gasteiger partial charge in [0.15, 0.2) is 0 Å². The summed E-state index contributed by atoms with van der Waals surface area (Å²) < 4.78 is 4.94. The molecule has 0 aromatic carbocycles. The van der Waals surface area contributed by atoms with Crippen molar-refractivity contribution < 1.29 is 4.52 Å². The Morgan fingerprint density at radius 1 is 1.40 bits per heavy atom. The standard InChI is InChI=1S/C9H7Cl2N3O/c1-5(10)9-13-8(14-15-9)7-3-2-6(11)4-12-7/h2-5H,1H3. The van der Waals surface area contributed by atoms with E-state index < -0.39 is 0 Å². The quantitative estimate of drug-likeness (QED) is 0.761. The third-order valence-corrected chi connectivity index (χ3v) is 2.15. The van der Waals surface area contributed by atoms with Crippen LogP contribution < -0.4 is 0 Å². The summed E-state index contributed by atoms with van der Waals surface area (Å²) in [6.45, 7) is 1.76. The summed E-state index contributed by atoms with van der Waals surface area (Å²) in [5.74, 6) is 0.789. The van der Waals surface area contributed by atoms with Crippen LogP contribution in [-0.2, 0) is 0 Å². The molecule has 0 aliphatic carbocycles. The SMILES string of the molecule is CC(Cl)c1nc(-c2ccc(Cl)cn2)no1. The van der Waals surface area contributed by atoms with Gasteiger partial charge in [-0.2, -0.15) is 4.98 Å². The van der Waals surface area contributed by atoms with Crippen LogP contribution in [0.4, 0.5) is 0 Å². The van der Waals surface area contributed by atoms with E-state index in [4.69, 9.17) is 27.7 Å². The summed E-state index contributed by atoms with van der Waals surface area (Å²) >= 11 is 11.5. The van der Waals surface area contributed by atoms with E-state index in [-0.39, 0.29) is 5.38 Å². The molecule has 2 aromatic heterocycles. The van der Waals surface area contributed by atoms with Crippen LogP contribution in [0.1, 0.15) is 18.2 Å². The van der Waals surface area contributed by atoms with Gasteiger partial charge in [-0.3, -0.25) is 4.98 Å². The van der Waals surface area contributed by atoms with Gasteiger partial charge in [0.1, 0.15) is 11.1 Å². The Morgan fingerprint density at radius 3 is 2.73 bits per heavy atom. The van der Waals surface area contributed by atoms with E-state index in [9.17, 15) is 0 Å². The molecule has 4 nitrogen and oxygen atoms in total. The van der Waals surface area contributed by atoms with E-state index in [1.54, 1.807) is 19.1 Å². The maximum absolute atomic E-state index is 5.79. The Morgan fingerprint density at radius 2 is 2.20 bits per heavy atom. The van der Waals surface area contributed by atoms with Gasteiger partial charge in [0, 0.05) is 6.20 Å². The highest BCUT2D eigenvalue weighted by molar-refractivity contribution is 6.30. The molecule has 15 heavy (non-hydrogen) atoms. The average molecular weight is 244 g/mol. The molecule has 0 aliphatic heterocycles. The van der Waals surface area contributed by atoms with Crippen molar-refractivity contribution >= 4 is 23.2 Å². The van der Waals surface area contributed by atoms with Crippen LogP contribution in [0, 0.1) is 0 Å². The fourth-order valence-corrected chi connectivity index (χ4v) is 1.21. The minimum absolute atomic E-state index is 0.307. The maximum atomic E-state index is 5.79. The maximum Gasteiger partial charge on any atom is 0.244 e. The van der Waals surface area contributed by atoms with E-state index in [0.717, 1.165) is 0 Å². The van der Waals surface area contributed by atoms with Crippen LogP contribution >= 0.6 is 23.2 Å². The molecule has 78 valence electrons. The van der Waals surface area contributed by atoms with Gasteiger partial charge in [-0.25, -0.2) is 0 Å². The number of rotatable bonds is 2. The topological polar surface area (TPSA) is 51.8 Å². The van der Waals surface area contributed by atoms with Gasteiger partial charge in [0.2, 0.25) is 11.7 Å². The Balaban J connectivity index is 2.33. The zero-order chi connectivity index (χ0) is 10.8. The number of alkyl halides is 1. The molecular weight excluding hydrogens is 237 g/mol. The Bertz CT molecular complexity index is 453. The van der Waals surface area contributed by atoms with Gasteiger partial charge in [-0.1, -0.05) is 16.8 Å². The smallest absolute Gasteiger partial charge is 0.244 e. The zero-order valence-corrected chi connectivity index (χ0v) is 9.33. The van der Waals surface area contributed by atoms with E-state index in [0.29, 0.717) is 22.4 Å². The number of hydrogen-bond acceptors (Lipinski definition) is 4. The predicted octanol–water partition coefficient (Wildman–Crippen LogP) is 3.08. The minimum atomic E-state index is -0.307. The van der Waals surface area contributed by atoms with Crippen molar-refractivity contribution in [3.8, 4) is 11.5 Å². The molecule has 0 radical (unpaired) electrons. The average Bonchev–Trinajstić information content (AvgIpc) is 2.68. The lowest BCUT2D eigenvalue weighted by molar-refractivity contribution is 0.379. The van der Waals surface area contributed by atoms with Crippen LogP contribution in [0.3, 0.4) is 0 Å². The largest absolute Gasteiger partial charge is 0.337 e. The summed E-state index contributed by atoms with van der Waals surface area (Å²) in [6.07, 6.45) is 1.52. The number of halogens is 2. The highest BCUT2D eigenvalue weighted by atomic mass is 35.5. The summed E-state index contributed by atoms with van der Waals surface area (Å²) in [7, 11) is 0. The number of hydrogen-bond donors (Lipinski definition) is 0. The second-order valence-corrected chi connectivity index (χ2v) is 4.02. The van der Waals surface area contributed by atoms with Crippen LogP contribution in [-0.4, -0.2) is 15.1 Å². The highest BCUT2D eigenvalue weighted by Crippen LogP contribution is 2.21. The lowest BCUT2D eigenvalue weighted by Crippen LogP contribution is -1.86. The normalized spacial score (nSPS) is 12.7. The summed E-state index contributed by atoms with van der Waals surface area (Å²) in [6, 6.07) is 3.43. The first-order chi connectivity index (χ1) is 7.16. The van der Waals surface area contributed by atoms with Crippen LogP contribution in [0.5, 0.6) is 0 Å². The molecule has 0 amide bonds. The Hall–Kier alpha value is -1.13. The van der Waals surface area contributed by atoms with Gasteiger partial charge in [-0.15, -0.1) is 11.6 Å². The molecule has 0 saturated heterocycles. The Labute approximate surface area is 96.2 Å². The van der Waals surface area contributed by atoms with Gasteiger partial charge in [0.05, 0.1) is 5.02 Å². The predicted molar refractivity (Wildman–Crippen MR) is 56.8 cm³/mol. The fourth-order valence-electron chi connectivity index (χ4n) is 1.01. The lowest BCUT2D eigenvalue weighted by atomic mass is 10.3. The van der Waals surface area contributed by atoms with Crippen molar-refractivity contribution in [1.29, 1.82) is 0 Å². The van der Waals surface area contributed by atoms with Crippen LogP contribution in [0.25, 0.3) is 11.5 Å². The monoisotopic (exact) mass is 243 g/mol. The van der Waals surface area contributed by atoms with Crippen molar-refractivity contribution in [2.75, 3.05) is 0 Å². The Kier molecular flexibility index (Phi) is 2.88. The number of aromatic nitrogens is 3. The molecule has 2 heterocycles. The fraction of sp³-hybridized carbons (Fsp3) is 0.222. The van der Waals surface area contributed by atoms with Crippen LogP contribution in [0.15, 0.2) is 22.9 Å². The van der Waals surface area contributed by atoms with Gasteiger partial charge < -0.3 is 4.52 Å². The summed E-state index contributed by atoms with van der Waals surface area (Å²) in [5.41, 5.74) is 0.603. The molecule has 1 unspecified atom stereocenters. The van der Waals surface area contributed by atoms with Crippen molar-refractivity contribution in [1.82, 2.24) is 15.1 Å². The van der Waals surface area contributed by atoms with E-state index in [2.05, 4.69) is 15.1 Å². The molecule has 2 rings (SSSR count). The third-order valence-electron chi connectivity index (χ3n) is 1.74. The van der Waals surface area contributed by atoms with Crippen molar-refractivity contribution in [2.45, 2.75) is 12.3 Å². The molecule has 0 bridgehead atoms.